The van der Waals surface area contributed by atoms with Gasteiger partial charge in [-0.15, -0.1) is 0 Å². The molecule has 0 aliphatic carbocycles. The number of nitrogens with two attached hydrogens (primary N) is 1. The molecule has 4 nitrogen and oxygen atoms in total. The molecule has 0 atom stereocenters. The molecule has 0 spiro atoms. The summed E-state index contributed by atoms with van der Waals surface area (Å²) in [7, 11) is 0. The Bertz CT molecular complexity index is 768. The lowest BCUT2D eigenvalue weighted by atomic mass is 10.2. The highest BCUT2D eigenvalue weighted by Gasteiger charge is 2.20. The van der Waals surface area contributed by atoms with E-state index in [1.54, 1.807) is 0 Å². The molecular formula is C14H15ClN4S. The minimum atomic E-state index is 0.257. The third-order valence-corrected chi connectivity index (χ3v) is 4.28. The standard InChI is InChI=1S/C14H15ClN4S/c1-7(2)19-11-6-9(15)4-5-10(11)17-14(19)12-8(3)18-20-13(12)16/h4-7H,16H2,1-3H3. The van der Waals surface area contributed by atoms with Crippen molar-refractivity contribution >= 4 is 39.2 Å². The van der Waals surface area contributed by atoms with Crippen molar-refractivity contribution in [1.29, 1.82) is 0 Å². The fraction of sp³-hybridized carbons (Fsp3) is 0.286. The summed E-state index contributed by atoms with van der Waals surface area (Å²) in [5.41, 5.74) is 9.85. The Hall–Kier alpha value is -1.59. The number of rotatable bonds is 2. The molecule has 2 N–H and O–H groups in total. The first-order valence-electron chi connectivity index (χ1n) is 6.38. The van der Waals surface area contributed by atoms with Gasteiger partial charge in [-0.3, -0.25) is 0 Å². The van der Waals surface area contributed by atoms with Crippen LogP contribution in [0.25, 0.3) is 22.4 Å². The fourth-order valence-electron chi connectivity index (χ4n) is 2.42. The van der Waals surface area contributed by atoms with E-state index < -0.39 is 0 Å². The number of halogens is 1. The van der Waals surface area contributed by atoms with Gasteiger partial charge in [0.1, 0.15) is 10.8 Å². The van der Waals surface area contributed by atoms with E-state index in [1.165, 1.54) is 11.5 Å². The van der Waals surface area contributed by atoms with E-state index in [2.05, 4.69) is 22.8 Å². The van der Waals surface area contributed by atoms with Gasteiger partial charge < -0.3 is 10.3 Å². The molecule has 3 rings (SSSR count). The van der Waals surface area contributed by atoms with Gasteiger partial charge in [0.25, 0.3) is 0 Å². The molecule has 0 aliphatic rings. The molecule has 0 amide bonds. The second-order valence-electron chi connectivity index (χ2n) is 5.04. The molecule has 0 fully saturated rings. The molecule has 0 bridgehead atoms. The van der Waals surface area contributed by atoms with Gasteiger partial charge in [0.15, 0.2) is 0 Å². The molecule has 0 saturated carbocycles. The van der Waals surface area contributed by atoms with Crippen LogP contribution in [0.3, 0.4) is 0 Å². The van der Waals surface area contributed by atoms with Crippen LogP contribution in [-0.2, 0) is 0 Å². The zero-order chi connectivity index (χ0) is 14.4. The van der Waals surface area contributed by atoms with Gasteiger partial charge in [-0.1, -0.05) is 11.6 Å². The molecule has 0 radical (unpaired) electrons. The minimum Gasteiger partial charge on any atom is -0.389 e. The first-order chi connectivity index (χ1) is 9.49. The normalized spacial score (nSPS) is 11.7. The van der Waals surface area contributed by atoms with Gasteiger partial charge in [-0.2, -0.15) is 4.37 Å². The average Bonchev–Trinajstić information content (AvgIpc) is 2.89. The van der Waals surface area contributed by atoms with Crippen LogP contribution in [0.5, 0.6) is 0 Å². The van der Waals surface area contributed by atoms with Crippen LogP contribution in [0.1, 0.15) is 25.6 Å². The van der Waals surface area contributed by atoms with Crippen molar-refractivity contribution in [1.82, 2.24) is 13.9 Å². The third kappa shape index (κ3) is 1.98. The number of hydrogen-bond donors (Lipinski definition) is 1. The highest BCUT2D eigenvalue weighted by atomic mass is 35.5. The maximum absolute atomic E-state index is 6.12. The Labute approximate surface area is 126 Å². The van der Waals surface area contributed by atoms with Crippen LogP contribution in [0.2, 0.25) is 5.02 Å². The summed E-state index contributed by atoms with van der Waals surface area (Å²) in [5.74, 6) is 0.862. The molecule has 6 heteroatoms. The van der Waals surface area contributed by atoms with E-state index >= 15 is 0 Å². The first-order valence-corrected chi connectivity index (χ1v) is 7.53. The van der Waals surface area contributed by atoms with Crippen LogP contribution >= 0.6 is 23.1 Å². The van der Waals surface area contributed by atoms with Crippen LogP contribution in [0.4, 0.5) is 5.00 Å². The van der Waals surface area contributed by atoms with E-state index in [-0.39, 0.29) is 6.04 Å². The van der Waals surface area contributed by atoms with Crippen LogP contribution in [-0.4, -0.2) is 13.9 Å². The number of aromatic nitrogens is 3. The number of imidazole rings is 1. The Morgan fingerprint density at radius 2 is 2.10 bits per heavy atom. The van der Waals surface area contributed by atoms with Gasteiger partial charge in [0.05, 0.1) is 22.3 Å². The lowest BCUT2D eigenvalue weighted by molar-refractivity contribution is 0.624. The number of nitrogen functional groups attached to an aromatic ring is 1. The number of nitrogens with zero attached hydrogens (tertiary/aromatic N) is 3. The van der Waals surface area contributed by atoms with Crippen molar-refractivity contribution in [2.75, 3.05) is 5.73 Å². The SMILES string of the molecule is Cc1nsc(N)c1-c1nc2ccc(Cl)cc2n1C(C)C. The van der Waals surface area contributed by atoms with Crippen molar-refractivity contribution in [3.8, 4) is 11.4 Å². The van der Waals surface area contributed by atoms with E-state index in [1.807, 2.05) is 25.1 Å². The average molecular weight is 307 g/mol. The van der Waals surface area contributed by atoms with Gasteiger partial charge in [0, 0.05) is 11.1 Å². The number of fused-ring (bicyclic) bond motifs is 1. The van der Waals surface area contributed by atoms with Gasteiger partial charge in [-0.25, -0.2) is 4.98 Å². The van der Waals surface area contributed by atoms with E-state index in [0.29, 0.717) is 10.0 Å². The molecule has 0 saturated heterocycles. The fourth-order valence-corrected chi connectivity index (χ4v) is 3.25. The zero-order valence-electron chi connectivity index (χ0n) is 11.5. The van der Waals surface area contributed by atoms with Crippen LogP contribution < -0.4 is 5.73 Å². The zero-order valence-corrected chi connectivity index (χ0v) is 13.1. The number of benzene rings is 1. The molecule has 1 aromatic carbocycles. The van der Waals surface area contributed by atoms with Crippen molar-refractivity contribution in [3.63, 3.8) is 0 Å². The molecule has 2 aromatic heterocycles. The van der Waals surface area contributed by atoms with Crippen molar-refractivity contribution in [2.24, 2.45) is 0 Å². The molecule has 20 heavy (non-hydrogen) atoms. The van der Waals surface area contributed by atoms with E-state index in [4.69, 9.17) is 22.3 Å². The summed E-state index contributed by atoms with van der Waals surface area (Å²) in [6, 6.07) is 5.99. The summed E-state index contributed by atoms with van der Waals surface area (Å²) < 4.78 is 6.48. The van der Waals surface area contributed by atoms with E-state index in [0.717, 1.165) is 28.1 Å². The molecule has 0 unspecified atom stereocenters. The predicted octanol–water partition coefficient (Wildman–Crippen LogP) is 4.28. The number of aryl methyl sites for hydroxylation is 1. The maximum atomic E-state index is 6.12. The second kappa shape index (κ2) is 4.75. The minimum absolute atomic E-state index is 0.257. The number of anilines is 1. The lowest BCUT2D eigenvalue weighted by Crippen LogP contribution is -2.04. The Balaban J connectivity index is 2.39. The van der Waals surface area contributed by atoms with Crippen molar-refractivity contribution < 1.29 is 0 Å². The lowest BCUT2D eigenvalue weighted by Gasteiger charge is -2.13. The van der Waals surface area contributed by atoms with Gasteiger partial charge >= 0.3 is 0 Å². The summed E-state index contributed by atoms with van der Waals surface area (Å²) in [5, 5.41) is 1.41. The van der Waals surface area contributed by atoms with Crippen molar-refractivity contribution in [2.45, 2.75) is 26.8 Å². The van der Waals surface area contributed by atoms with Crippen LogP contribution in [0, 0.1) is 6.92 Å². The Morgan fingerprint density at radius 3 is 2.70 bits per heavy atom. The largest absolute Gasteiger partial charge is 0.389 e. The Kier molecular flexibility index (Phi) is 3.18. The van der Waals surface area contributed by atoms with E-state index in [9.17, 15) is 0 Å². The second-order valence-corrected chi connectivity index (χ2v) is 6.28. The summed E-state index contributed by atoms with van der Waals surface area (Å²) >= 11 is 7.42. The Morgan fingerprint density at radius 1 is 1.35 bits per heavy atom. The topological polar surface area (TPSA) is 56.7 Å². The quantitative estimate of drug-likeness (QED) is 0.768. The summed E-state index contributed by atoms with van der Waals surface area (Å²) in [6.07, 6.45) is 0. The van der Waals surface area contributed by atoms with Gasteiger partial charge in [0.2, 0.25) is 0 Å². The summed E-state index contributed by atoms with van der Waals surface area (Å²) in [4.78, 5) is 4.73. The predicted molar refractivity (Wildman–Crippen MR) is 85.4 cm³/mol. The third-order valence-electron chi connectivity index (χ3n) is 3.28. The molecular weight excluding hydrogens is 292 g/mol. The molecule has 0 aliphatic heterocycles. The maximum Gasteiger partial charge on any atom is 0.146 e. The monoisotopic (exact) mass is 306 g/mol. The summed E-state index contributed by atoms with van der Waals surface area (Å²) in [6.45, 7) is 6.20. The highest BCUT2D eigenvalue weighted by Crippen LogP contribution is 2.36. The smallest absolute Gasteiger partial charge is 0.146 e. The van der Waals surface area contributed by atoms with Crippen LogP contribution in [0.15, 0.2) is 18.2 Å². The first kappa shape index (κ1) is 13.4. The number of hydrogen-bond acceptors (Lipinski definition) is 4. The molecule has 3 aromatic rings. The molecule has 2 heterocycles. The van der Waals surface area contributed by atoms with Gasteiger partial charge in [-0.05, 0) is 50.5 Å². The molecule has 104 valence electrons. The highest BCUT2D eigenvalue weighted by molar-refractivity contribution is 7.10. The van der Waals surface area contributed by atoms with Crippen molar-refractivity contribution in [3.05, 3.63) is 28.9 Å².